The maximum atomic E-state index is 11.1. The van der Waals surface area contributed by atoms with E-state index in [1.807, 2.05) is 12.2 Å². The lowest BCUT2D eigenvalue weighted by Gasteiger charge is -2.09. The van der Waals surface area contributed by atoms with Gasteiger partial charge < -0.3 is 9.47 Å². The van der Waals surface area contributed by atoms with Crippen molar-refractivity contribution in [3.63, 3.8) is 0 Å². The standard InChI is InChI=1S/C8H8O3/c9-8-7-4(3-10-8)5-1-2-6(7)11-5/h1-2,4-7H,3H2/t4-,5-,6-,7-/m0/s1. The van der Waals surface area contributed by atoms with Gasteiger partial charge in [-0.3, -0.25) is 4.79 Å². The maximum Gasteiger partial charge on any atom is 0.312 e. The predicted molar refractivity (Wildman–Crippen MR) is 35.7 cm³/mol. The summed E-state index contributed by atoms with van der Waals surface area (Å²) in [6, 6.07) is 0. The Balaban J connectivity index is 2.03. The fourth-order valence-corrected chi connectivity index (χ4v) is 2.17. The summed E-state index contributed by atoms with van der Waals surface area (Å²) in [4.78, 5) is 11.1. The molecule has 0 N–H and O–H groups in total. The number of rotatable bonds is 0. The Labute approximate surface area is 64.0 Å². The van der Waals surface area contributed by atoms with Gasteiger partial charge in [-0.2, -0.15) is 0 Å². The van der Waals surface area contributed by atoms with E-state index < -0.39 is 0 Å². The van der Waals surface area contributed by atoms with Crippen LogP contribution in [-0.4, -0.2) is 24.8 Å². The average molecular weight is 152 g/mol. The molecule has 3 aliphatic rings. The monoisotopic (exact) mass is 152 g/mol. The van der Waals surface area contributed by atoms with Crippen LogP contribution in [0.5, 0.6) is 0 Å². The van der Waals surface area contributed by atoms with E-state index in [1.165, 1.54) is 0 Å². The molecule has 11 heavy (non-hydrogen) atoms. The van der Waals surface area contributed by atoms with Gasteiger partial charge >= 0.3 is 5.97 Å². The lowest BCUT2D eigenvalue weighted by molar-refractivity contribution is -0.143. The molecule has 2 bridgehead atoms. The number of ether oxygens (including phenoxy) is 2. The van der Waals surface area contributed by atoms with Crippen molar-refractivity contribution >= 4 is 5.97 Å². The topological polar surface area (TPSA) is 35.5 Å². The highest BCUT2D eigenvalue weighted by Crippen LogP contribution is 2.42. The van der Waals surface area contributed by atoms with Gasteiger partial charge in [-0.1, -0.05) is 12.2 Å². The van der Waals surface area contributed by atoms with Gasteiger partial charge in [0.1, 0.15) is 0 Å². The second-order valence-corrected chi connectivity index (χ2v) is 3.27. The molecule has 0 spiro atoms. The van der Waals surface area contributed by atoms with Crippen LogP contribution in [0.1, 0.15) is 0 Å². The molecule has 0 saturated carbocycles. The average Bonchev–Trinajstić information content (AvgIpc) is 2.60. The second kappa shape index (κ2) is 1.67. The Morgan fingerprint density at radius 1 is 1.36 bits per heavy atom. The highest BCUT2D eigenvalue weighted by atomic mass is 16.6. The minimum atomic E-state index is -0.0770. The largest absolute Gasteiger partial charge is 0.465 e. The summed E-state index contributed by atoms with van der Waals surface area (Å²) in [7, 11) is 0. The molecule has 0 aromatic carbocycles. The zero-order valence-corrected chi connectivity index (χ0v) is 5.90. The number of carbonyl (C=O) groups excluding carboxylic acids is 1. The van der Waals surface area contributed by atoms with Crippen molar-refractivity contribution in [3.05, 3.63) is 12.2 Å². The number of carbonyl (C=O) groups is 1. The van der Waals surface area contributed by atoms with Gasteiger partial charge in [0.25, 0.3) is 0 Å². The van der Waals surface area contributed by atoms with Crippen LogP contribution in [0.3, 0.4) is 0 Å². The summed E-state index contributed by atoms with van der Waals surface area (Å²) in [5.41, 5.74) is 0. The molecule has 3 heteroatoms. The maximum absolute atomic E-state index is 11.1. The first-order valence-electron chi connectivity index (χ1n) is 3.87. The summed E-state index contributed by atoms with van der Waals surface area (Å²) < 4.78 is 10.4. The first-order chi connectivity index (χ1) is 5.36. The van der Waals surface area contributed by atoms with Crippen molar-refractivity contribution in [3.8, 4) is 0 Å². The van der Waals surface area contributed by atoms with E-state index in [9.17, 15) is 4.79 Å². The van der Waals surface area contributed by atoms with Crippen molar-refractivity contribution in [1.29, 1.82) is 0 Å². The predicted octanol–water partition coefficient (Wildman–Crippen LogP) is 0.113. The third-order valence-electron chi connectivity index (χ3n) is 2.73. The summed E-state index contributed by atoms with van der Waals surface area (Å²) in [5, 5.41) is 0. The second-order valence-electron chi connectivity index (χ2n) is 3.27. The highest BCUT2D eigenvalue weighted by Gasteiger charge is 2.54. The van der Waals surface area contributed by atoms with E-state index in [1.54, 1.807) is 0 Å². The zero-order valence-electron chi connectivity index (χ0n) is 5.90. The van der Waals surface area contributed by atoms with E-state index >= 15 is 0 Å². The minimum Gasteiger partial charge on any atom is -0.465 e. The number of fused-ring (bicyclic) bond motifs is 5. The van der Waals surface area contributed by atoms with Gasteiger partial charge in [-0.25, -0.2) is 0 Å². The van der Waals surface area contributed by atoms with E-state index in [0.717, 1.165) is 0 Å². The molecule has 3 heterocycles. The van der Waals surface area contributed by atoms with Crippen molar-refractivity contribution in [2.24, 2.45) is 11.8 Å². The molecule has 3 aliphatic heterocycles. The molecule has 0 unspecified atom stereocenters. The van der Waals surface area contributed by atoms with Crippen molar-refractivity contribution in [1.82, 2.24) is 0 Å². The first-order valence-corrected chi connectivity index (χ1v) is 3.87. The first kappa shape index (κ1) is 5.77. The number of esters is 1. The summed E-state index contributed by atoms with van der Waals surface area (Å²) in [6.07, 6.45) is 4.17. The summed E-state index contributed by atoms with van der Waals surface area (Å²) in [5.74, 6) is 0.231. The third kappa shape index (κ3) is 0.554. The van der Waals surface area contributed by atoms with Gasteiger partial charge in [0, 0.05) is 5.92 Å². The molecule has 0 radical (unpaired) electrons. The smallest absolute Gasteiger partial charge is 0.312 e. The fraction of sp³-hybridized carbons (Fsp3) is 0.625. The molecular weight excluding hydrogens is 144 g/mol. The number of hydrogen-bond acceptors (Lipinski definition) is 3. The summed E-state index contributed by atoms with van der Waals surface area (Å²) >= 11 is 0. The third-order valence-corrected chi connectivity index (χ3v) is 2.73. The van der Waals surface area contributed by atoms with Gasteiger partial charge in [-0.15, -0.1) is 0 Å². The molecule has 0 aliphatic carbocycles. The molecule has 0 aromatic heterocycles. The van der Waals surface area contributed by atoms with Gasteiger partial charge in [0.2, 0.25) is 0 Å². The zero-order chi connectivity index (χ0) is 7.42. The molecule has 4 atom stereocenters. The number of hydrogen-bond donors (Lipinski definition) is 0. The Bertz CT molecular complexity index is 246. The molecule has 58 valence electrons. The quantitative estimate of drug-likeness (QED) is 0.365. The van der Waals surface area contributed by atoms with Crippen molar-refractivity contribution in [2.45, 2.75) is 12.2 Å². The van der Waals surface area contributed by atoms with Crippen LogP contribution in [0, 0.1) is 11.8 Å². The van der Waals surface area contributed by atoms with Crippen LogP contribution in [-0.2, 0) is 14.3 Å². The Morgan fingerprint density at radius 2 is 2.18 bits per heavy atom. The van der Waals surface area contributed by atoms with E-state index in [-0.39, 0.29) is 24.1 Å². The normalized spacial score (nSPS) is 51.5. The lowest BCUT2D eigenvalue weighted by Crippen LogP contribution is -2.24. The summed E-state index contributed by atoms with van der Waals surface area (Å²) in [6.45, 7) is 0.551. The molecule has 2 saturated heterocycles. The molecule has 0 amide bonds. The minimum absolute atomic E-state index is 0.00463. The SMILES string of the molecule is O=C1OC[C@@H]2[C@H]1[C@@H]1C=C[C@@H]2O1. The van der Waals surface area contributed by atoms with Crippen LogP contribution in [0.25, 0.3) is 0 Å². The highest BCUT2D eigenvalue weighted by molar-refractivity contribution is 5.77. The van der Waals surface area contributed by atoms with Gasteiger partial charge in [0.05, 0.1) is 24.7 Å². The lowest BCUT2D eigenvalue weighted by atomic mass is 9.86. The Hall–Kier alpha value is -0.830. The number of cyclic esters (lactones) is 1. The molecule has 3 rings (SSSR count). The Morgan fingerprint density at radius 3 is 3.00 bits per heavy atom. The molecule has 0 aromatic rings. The van der Waals surface area contributed by atoms with Crippen LogP contribution in [0.2, 0.25) is 0 Å². The van der Waals surface area contributed by atoms with E-state index in [2.05, 4.69) is 0 Å². The van der Waals surface area contributed by atoms with Crippen molar-refractivity contribution < 1.29 is 14.3 Å². The van der Waals surface area contributed by atoms with Gasteiger partial charge in [-0.05, 0) is 0 Å². The van der Waals surface area contributed by atoms with Crippen molar-refractivity contribution in [2.75, 3.05) is 6.61 Å². The molecule has 3 nitrogen and oxygen atoms in total. The fourth-order valence-electron chi connectivity index (χ4n) is 2.17. The Kier molecular flexibility index (Phi) is 0.874. The van der Waals surface area contributed by atoms with Crippen LogP contribution in [0.4, 0.5) is 0 Å². The van der Waals surface area contributed by atoms with E-state index in [0.29, 0.717) is 12.5 Å². The van der Waals surface area contributed by atoms with Crippen LogP contribution < -0.4 is 0 Å². The van der Waals surface area contributed by atoms with Gasteiger partial charge in [0.15, 0.2) is 0 Å². The van der Waals surface area contributed by atoms with Crippen LogP contribution in [0.15, 0.2) is 12.2 Å². The van der Waals surface area contributed by atoms with Crippen LogP contribution >= 0.6 is 0 Å². The van der Waals surface area contributed by atoms with E-state index in [4.69, 9.17) is 9.47 Å². The molecular formula is C8H8O3. The molecule has 2 fully saturated rings.